The molecular formula is C20H22ClFN2O3. The average molecular weight is 393 g/mol. The first-order chi connectivity index (χ1) is 12.9. The molecule has 27 heavy (non-hydrogen) atoms. The molecule has 0 aromatic heterocycles. The summed E-state index contributed by atoms with van der Waals surface area (Å²) in [5.74, 6) is -0.480. The monoisotopic (exact) mass is 392 g/mol. The summed E-state index contributed by atoms with van der Waals surface area (Å²) >= 11 is 5.83. The van der Waals surface area contributed by atoms with E-state index < -0.39 is 6.04 Å². The summed E-state index contributed by atoms with van der Waals surface area (Å²) in [6, 6.07) is 11.7. The van der Waals surface area contributed by atoms with Gasteiger partial charge in [-0.2, -0.15) is 0 Å². The third kappa shape index (κ3) is 6.25. The molecule has 0 spiro atoms. The third-order valence-electron chi connectivity index (χ3n) is 3.96. The highest BCUT2D eigenvalue weighted by atomic mass is 35.5. The quantitative estimate of drug-likeness (QED) is 0.749. The summed E-state index contributed by atoms with van der Waals surface area (Å²) in [5, 5.41) is 3.27. The number of hydrogen-bond acceptors (Lipinski definition) is 3. The van der Waals surface area contributed by atoms with Crippen LogP contribution >= 0.6 is 11.6 Å². The van der Waals surface area contributed by atoms with Crippen molar-refractivity contribution < 1.29 is 18.7 Å². The molecule has 1 atom stereocenters. The average Bonchev–Trinajstić information content (AvgIpc) is 2.66. The number of amides is 2. The van der Waals surface area contributed by atoms with Crippen LogP contribution in [0.5, 0.6) is 5.75 Å². The molecule has 0 saturated carbocycles. The van der Waals surface area contributed by atoms with Crippen LogP contribution in [0, 0.1) is 5.82 Å². The highest BCUT2D eigenvalue weighted by Gasteiger charge is 2.26. The standard InChI is InChI=1S/C20H22ClFN2O3/c1-3-23-20(26)14(2)24(12-15-4-8-17(22)9-5-15)19(25)13-27-18-10-6-16(21)7-11-18/h4-11,14H,3,12-13H2,1-2H3,(H,23,26)/t14-/m0/s1. The van der Waals surface area contributed by atoms with Gasteiger partial charge in [-0.3, -0.25) is 9.59 Å². The number of ether oxygens (including phenoxy) is 1. The Hall–Kier alpha value is -2.60. The third-order valence-corrected chi connectivity index (χ3v) is 4.21. The van der Waals surface area contributed by atoms with E-state index in [2.05, 4.69) is 5.32 Å². The van der Waals surface area contributed by atoms with Crippen LogP contribution < -0.4 is 10.1 Å². The first kappa shape index (κ1) is 20.7. The fourth-order valence-electron chi connectivity index (χ4n) is 2.45. The van der Waals surface area contributed by atoms with Gasteiger partial charge < -0.3 is 15.0 Å². The van der Waals surface area contributed by atoms with Gasteiger partial charge in [0.2, 0.25) is 5.91 Å². The lowest BCUT2D eigenvalue weighted by Crippen LogP contribution is -2.49. The normalized spacial score (nSPS) is 11.6. The minimum Gasteiger partial charge on any atom is -0.484 e. The van der Waals surface area contributed by atoms with E-state index in [0.29, 0.717) is 22.9 Å². The van der Waals surface area contributed by atoms with Gasteiger partial charge in [-0.05, 0) is 55.8 Å². The Morgan fingerprint density at radius 1 is 1.15 bits per heavy atom. The molecule has 0 unspecified atom stereocenters. The highest BCUT2D eigenvalue weighted by molar-refractivity contribution is 6.30. The topological polar surface area (TPSA) is 58.6 Å². The molecule has 0 aliphatic rings. The number of carbonyl (C=O) groups is 2. The Morgan fingerprint density at radius 2 is 1.78 bits per heavy atom. The fraction of sp³-hybridized carbons (Fsp3) is 0.300. The molecule has 144 valence electrons. The molecule has 2 aromatic rings. The second-order valence-electron chi connectivity index (χ2n) is 5.96. The van der Waals surface area contributed by atoms with E-state index in [-0.39, 0.29) is 30.8 Å². The van der Waals surface area contributed by atoms with Crippen LogP contribution in [0.1, 0.15) is 19.4 Å². The molecule has 7 heteroatoms. The first-order valence-corrected chi connectivity index (χ1v) is 8.98. The molecule has 1 N–H and O–H groups in total. The highest BCUT2D eigenvalue weighted by Crippen LogP contribution is 2.16. The molecule has 0 bridgehead atoms. The van der Waals surface area contributed by atoms with E-state index >= 15 is 0 Å². The van der Waals surface area contributed by atoms with Gasteiger partial charge in [-0.15, -0.1) is 0 Å². The van der Waals surface area contributed by atoms with Crippen molar-refractivity contribution in [1.82, 2.24) is 10.2 Å². The van der Waals surface area contributed by atoms with Gasteiger partial charge in [0.25, 0.3) is 5.91 Å². The lowest BCUT2D eigenvalue weighted by molar-refractivity contribution is -0.142. The van der Waals surface area contributed by atoms with E-state index in [1.165, 1.54) is 17.0 Å². The molecule has 0 saturated heterocycles. The van der Waals surface area contributed by atoms with Crippen molar-refractivity contribution in [3.8, 4) is 5.75 Å². The van der Waals surface area contributed by atoms with Crippen molar-refractivity contribution in [3.05, 3.63) is 64.9 Å². The van der Waals surface area contributed by atoms with E-state index in [1.807, 2.05) is 0 Å². The molecule has 5 nitrogen and oxygen atoms in total. The summed E-state index contributed by atoms with van der Waals surface area (Å²) in [5.41, 5.74) is 0.715. The van der Waals surface area contributed by atoms with E-state index in [9.17, 15) is 14.0 Å². The van der Waals surface area contributed by atoms with Crippen LogP contribution in [0.25, 0.3) is 0 Å². The van der Waals surface area contributed by atoms with Crippen molar-refractivity contribution >= 4 is 23.4 Å². The molecule has 0 aliphatic heterocycles. The maximum Gasteiger partial charge on any atom is 0.261 e. The minimum atomic E-state index is -0.698. The molecule has 2 amide bonds. The minimum absolute atomic E-state index is 0.168. The number of nitrogens with zero attached hydrogens (tertiary/aromatic N) is 1. The van der Waals surface area contributed by atoms with Crippen LogP contribution in [0.15, 0.2) is 48.5 Å². The molecule has 2 aromatic carbocycles. The molecule has 0 heterocycles. The Bertz CT molecular complexity index is 766. The fourth-order valence-corrected chi connectivity index (χ4v) is 2.58. The number of carbonyl (C=O) groups excluding carboxylic acids is 2. The van der Waals surface area contributed by atoms with Gasteiger partial charge in [0.15, 0.2) is 6.61 Å². The number of rotatable bonds is 8. The van der Waals surface area contributed by atoms with Gasteiger partial charge in [0.1, 0.15) is 17.6 Å². The zero-order chi connectivity index (χ0) is 19.8. The molecular weight excluding hydrogens is 371 g/mol. The Morgan fingerprint density at radius 3 is 2.37 bits per heavy atom. The van der Waals surface area contributed by atoms with Crippen molar-refractivity contribution in [3.63, 3.8) is 0 Å². The summed E-state index contributed by atoms with van der Waals surface area (Å²) < 4.78 is 18.6. The van der Waals surface area contributed by atoms with Crippen molar-refractivity contribution in [1.29, 1.82) is 0 Å². The maximum atomic E-state index is 13.1. The SMILES string of the molecule is CCNC(=O)[C@H](C)N(Cc1ccc(F)cc1)C(=O)COc1ccc(Cl)cc1. The number of halogens is 2. The van der Waals surface area contributed by atoms with E-state index in [0.717, 1.165) is 0 Å². The smallest absolute Gasteiger partial charge is 0.261 e. The molecule has 0 fully saturated rings. The van der Waals surface area contributed by atoms with Gasteiger partial charge >= 0.3 is 0 Å². The summed E-state index contributed by atoms with van der Waals surface area (Å²) in [4.78, 5) is 26.4. The Balaban J connectivity index is 2.11. The molecule has 0 radical (unpaired) electrons. The predicted octanol–water partition coefficient (Wildman–Crippen LogP) is 3.41. The van der Waals surface area contributed by atoms with Crippen LogP contribution in [0.2, 0.25) is 5.02 Å². The first-order valence-electron chi connectivity index (χ1n) is 8.60. The lowest BCUT2D eigenvalue weighted by Gasteiger charge is -2.28. The lowest BCUT2D eigenvalue weighted by atomic mass is 10.1. The van der Waals surface area contributed by atoms with Gasteiger partial charge in [-0.1, -0.05) is 23.7 Å². The van der Waals surface area contributed by atoms with Gasteiger partial charge in [0, 0.05) is 18.1 Å². The summed E-state index contributed by atoms with van der Waals surface area (Å²) in [7, 11) is 0. The van der Waals surface area contributed by atoms with Crippen LogP contribution in [-0.4, -0.2) is 35.9 Å². The number of likely N-dealkylation sites (N-methyl/N-ethyl adjacent to an activating group) is 1. The molecule has 0 aliphatic carbocycles. The van der Waals surface area contributed by atoms with Crippen LogP contribution in [-0.2, 0) is 16.1 Å². The molecule has 2 rings (SSSR count). The number of hydrogen-bond donors (Lipinski definition) is 1. The Kier molecular flexibility index (Phi) is 7.61. The van der Waals surface area contributed by atoms with E-state index in [4.69, 9.17) is 16.3 Å². The number of benzene rings is 2. The zero-order valence-corrected chi connectivity index (χ0v) is 16.0. The second-order valence-corrected chi connectivity index (χ2v) is 6.40. The van der Waals surface area contributed by atoms with Gasteiger partial charge in [0.05, 0.1) is 0 Å². The summed E-state index contributed by atoms with van der Waals surface area (Å²) in [6.45, 7) is 3.85. The Labute approximate surface area is 163 Å². The largest absolute Gasteiger partial charge is 0.484 e. The van der Waals surface area contributed by atoms with Gasteiger partial charge in [-0.25, -0.2) is 4.39 Å². The van der Waals surface area contributed by atoms with Crippen molar-refractivity contribution in [2.24, 2.45) is 0 Å². The van der Waals surface area contributed by atoms with Crippen LogP contribution in [0.4, 0.5) is 4.39 Å². The van der Waals surface area contributed by atoms with Crippen molar-refractivity contribution in [2.75, 3.05) is 13.2 Å². The van der Waals surface area contributed by atoms with Crippen molar-refractivity contribution in [2.45, 2.75) is 26.4 Å². The zero-order valence-electron chi connectivity index (χ0n) is 15.2. The maximum absolute atomic E-state index is 13.1. The second kappa shape index (κ2) is 9.92. The predicted molar refractivity (Wildman–Crippen MR) is 102 cm³/mol. The van der Waals surface area contributed by atoms with E-state index in [1.54, 1.807) is 50.2 Å². The van der Waals surface area contributed by atoms with Crippen LogP contribution in [0.3, 0.4) is 0 Å². The summed E-state index contributed by atoms with van der Waals surface area (Å²) in [6.07, 6.45) is 0. The number of nitrogens with one attached hydrogen (secondary N) is 1.